The van der Waals surface area contributed by atoms with Crippen molar-refractivity contribution in [1.29, 1.82) is 0 Å². The number of esters is 3. The zero-order valence-corrected chi connectivity index (χ0v) is 57.9. The van der Waals surface area contributed by atoms with Crippen molar-refractivity contribution in [2.24, 2.45) is 0 Å². The van der Waals surface area contributed by atoms with E-state index in [0.717, 1.165) is 109 Å². The Morgan fingerprint density at radius 2 is 0.596 bits per heavy atom. The fraction of sp³-hybridized carbons (Fsp3) is 0.789. The second kappa shape index (κ2) is 65.1. The highest BCUT2D eigenvalue weighted by atomic mass is 31.2. The van der Waals surface area contributed by atoms with Gasteiger partial charge in [-0.05, 0) is 70.6 Å². The summed E-state index contributed by atoms with van der Waals surface area (Å²) in [6.07, 6.45) is 68.0. The van der Waals surface area contributed by atoms with Gasteiger partial charge >= 0.3 is 33.6 Å². The summed E-state index contributed by atoms with van der Waals surface area (Å²) in [5, 5.41) is 20.5. The Morgan fingerprint density at radius 3 is 0.944 bits per heavy atom. The number of aliphatic hydroxyl groups is 2. The highest BCUT2D eigenvalue weighted by Gasteiger charge is 2.29. The molecule has 5 unspecified atom stereocenters. The van der Waals surface area contributed by atoms with Crippen molar-refractivity contribution in [1.82, 2.24) is 0 Å². The Bertz CT molecular complexity index is 1920. The monoisotopic (exact) mass is 1300 g/mol. The van der Waals surface area contributed by atoms with E-state index in [0.29, 0.717) is 19.3 Å². The molecule has 0 aromatic rings. The van der Waals surface area contributed by atoms with Gasteiger partial charge in [0.15, 0.2) is 6.10 Å². The number of hydrogen-bond acceptors (Lipinski definition) is 14. The van der Waals surface area contributed by atoms with Crippen LogP contribution in [0.15, 0.2) is 72.9 Å². The van der Waals surface area contributed by atoms with E-state index in [4.69, 9.17) is 32.3 Å². The van der Waals surface area contributed by atoms with Gasteiger partial charge in [0, 0.05) is 19.3 Å². The summed E-state index contributed by atoms with van der Waals surface area (Å²) < 4.78 is 60.9. The quantitative estimate of drug-likeness (QED) is 0.0146. The van der Waals surface area contributed by atoms with E-state index >= 15 is 0 Å². The molecular formula is C71H128O16P2. The number of carbonyl (C=O) groups is 3. The van der Waals surface area contributed by atoms with Gasteiger partial charge in [0.1, 0.15) is 25.4 Å². The zero-order chi connectivity index (χ0) is 65.3. The summed E-state index contributed by atoms with van der Waals surface area (Å²) in [6.45, 7) is 2.57. The summed E-state index contributed by atoms with van der Waals surface area (Å²) in [7, 11) is -9.77. The molecule has 18 heteroatoms. The first-order valence-corrected chi connectivity index (χ1v) is 38.2. The van der Waals surface area contributed by atoms with Crippen molar-refractivity contribution in [2.45, 2.75) is 322 Å². The van der Waals surface area contributed by atoms with E-state index in [9.17, 15) is 43.5 Å². The summed E-state index contributed by atoms with van der Waals surface area (Å²) >= 11 is 0. The Balaban J connectivity index is 4.60. The summed E-state index contributed by atoms with van der Waals surface area (Å²) in [4.78, 5) is 58.4. The van der Waals surface area contributed by atoms with Gasteiger partial charge in [-0.15, -0.1) is 0 Å². The minimum Gasteiger partial charge on any atom is -0.463 e. The van der Waals surface area contributed by atoms with Gasteiger partial charge < -0.3 is 34.2 Å². The molecule has 0 aliphatic carbocycles. The highest BCUT2D eigenvalue weighted by molar-refractivity contribution is 7.47. The maximum absolute atomic E-state index is 12.9. The minimum atomic E-state index is -4.92. The predicted molar refractivity (Wildman–Crippen MR) is 362 cm³/mol. The molecule has 0 amide bonds. The molecule has 0 aromatic heterocycles. The Labute approximate surface area is 541 Å². The molecule has 0 bridgehead atoms. The molecule has 5 atom stereocenters. The van der Waals surface area contributed by atoms with Crippen molar-refractivity contribution in [3.63, 3.8) is 0 Å². The topological polar surface area (TPSA) is 231 Å². The molecule has 0 saturated heterocycles. The molecule has 0 radical (unpaired) electrons. The number of unbranched alkanes of at least 4 members (excludes halogenated alkanes) is 32. The lowest BCUT2D eigenvalue weighted by molar-refractivity contribution is -0.161. The van der Waals surface area contributed by atoms with Gasteiger partial charge in [0.2, 0.25) is 0 Å². The third-order valence-corrected chi connectivity index (χ3v) is 16.8. The van der Waals surface area contributed by atoms with Gasteiger partial charge in [-0.2, -0.15) is 0 Å². The van der Waals surface area contributed by atoms with Crippen LogP contribution in [-0.4, -0.2) is 95.9 Å². The number of hydrogen-bond donors (Lipinski definition) is 4. The summed E-state index contributed by atoms with van der Waals surface area (Å²) in [5.41, 5.74) is 0. The molecule has 0 aliphatic rings. The molecule has 0 spiro atoms. The maximum Gasteiger partial charge on any atom is 0.472 e. The van der Waals surface area contributed by atoms with E-state index < -0.39 is 91.5 Å². The SMILES string of the molecule is CC/C=C\C/C=C\C/C=C\C/C=C\C/C=C\C/C=C\CCCCCCC(=O)OCC(O)COP(=O)(O)OCC(O)COP(=O)(O)OCC(COC(=O)CCCCCCCCCCCCCCCCC)OC(=O)CCCCCCCCCCCCCCCCC. The molecule has 0 rings (SSSR count). The second-order valence-electron chi connectivity index (χ2n) is 23.7. The van der Waals surface area contributed by atoms with Crippen molar-refractivity contribution in [3.05, 3.63) is 72.9 Å². The van der Waals surface area contributed by atoms with E-state index in [1.54, 1.807) is 0 Å². The van der Waals surface area contributed by atoms with Crippen molar-refractivity contribution >= 4 is 33.6 Å². The van der Waals surface area contributed by atoms with Gasteiger partial charge in [-0.1, -0.05) is 286 Å². The van der Waals surface area contributed by atoms with Gasteiger partial charge in [0.05, 0.1) is 26.4 Å². The first-order valence-electron chi connectivity index (χ1n) is 35.2. The van der Waals surface area contributed by atoms with Gasteiger partial charge in [0.25, 0.3) is 0 Å². The Kier molecular flexibility index (Phi) is 62.9. The van der Waals surface area contributed by atoms with Crippen LogP contribution in [0.4, 0.5) is 0 Å². The summed E-state index contributed by atoms with van der Waals surface area (Å²) in [5.74, 6) is -1.58. The van der Waals surface area contributed by atoms with Crippen LogP contribution < -0.4 is 0 Å². The number of rotatable bonds is 67. The van der Waals surface area contributed by atoms with E-state index in [2.05, 4.69) is 93.7 Å². The Hall–Kier alpha value is -3.01. The number of allylic oxidation sites excluding steroid dienone is 12. The van der Waals surface area contributed by atoms with Crippen LogP contribution in [0.2, 0.25) is 0 Å². The average Bonchev–Trinajstić information content (AvgIpc) is 3.65. The lowest BCUT2D eigenvalue weighted by Gasteiger charge is -2.21. The molecule has 518 valence electrons. The van der Waals surface area contributed by atoms with Crippen LogP contribution in [0.3, 0.4) is 0 Å². The first kappa shape index (κ1) is 86.0. The molecule has 4 N–H and O–H groups in total. The molecular weight excluding hydrogens is 1170 g/mol. The van der Waals surface area contributed by atoms with Crippen LogP contribution >= 0.6 is 15.6 Å². The fourth-order valence-corrected chi connectivity index (χ4v) is 11.2. The fourth-order valence-electron chi connectivity index (χ4n) is 9.58. The third-order valence-electron chi connectivity index (χ3n) is 14.9. The first-order chi connectivity index (χ1) is 43.2. The second-order valence-corrected chi connectivity index (χ2v) is 26.6. The van der Waals surface area contributed by atoms with E-state index in [1.807, 2.05) is 0 Å². The molecule has 0 aromatic carbocycles. The average molecular weight is 1300 g/mol. The number of aliphatic hydroxyl groups excluding tert-OH is 2. The summed E-state index contributed by atoms with van der Waals surface area (Å²) in [6, 6.07) is 0. The lowest BCUT2D eigenvalue weighted by Crippen LogP contribution is -2.30. The van der Waals surface area contributed by atoms with Crippen molar-refractivity contribution in [2.75, 3.05) is 39.6 Å². The van der Waals surface area contributed by atoms with Gasteiger partial charge in [-0.3, -0.25) is 32.5 Å². The minimum absolute atomic E-state index is 0.111. The molecule has 16 nitrogen and oxygen atoms in total. The molecule has 0 aliphatic heterocycles. The van der Waals surface area contributed by atoms with Crippen LogP contribution in [-0.2, 0) is 55.8 Å². The van der Waals surface area contributed by atoms with Crippen LogP contribution in [0.25, 0.3) is 0 Å². The van der Waals surface area contributed by atoms with Crippen LogP contribution in [0.1, 0.15) is 303 Å². The van der Waals surface area contributed by atoms with E-state index in [1.165, 1.54) is 135 Å². The Morgan fingerprint density at radius 1 is 0.326 bits per heavy atom. The highest BCUT2D eigenvalue weighted by Crippen LogP contribution is 2.45. The number of ether oxygens (including phenoxy) is 3. The predicted octanol–water partition coefficient (Wildman–Crippen LogP) is 19.5. The van der Waals surface area contributed by atoms with E-state index in [-0.39, 0.29) is 19.3 Å². The number of phosphoric ester groups is 2. The number of carbonyl (C=O) groups excluding carboxylic acids is 3. The standard InChI is InChI=1S/C71H128O16P2/c1-4-7-10-13-16-19-22-25-28-29-30-31-32-33-34-35-38-40-42-45-48-51-54-57-69(74)81-60-66(72)61-83-88(77,78)84-62-67(73)63-85-89(79,80)86-65-68(87-71(76)59-56-53-50-47-44-41-37-27-24-21-18-15-12-9-6-3)64-82-70(75)58-55-52-49-46-43-39-36-26-23-20-17-14-11-8-5-2/h7,10,16,19,25,28,30-31,33-34,38,40,66-68,72-73H,4-6,8-9,11-15,17-18,20-24,26-27,29,32,35-37,39,41-65H2,1-3H3,(H,77,78)(H,79,80)/b10-7-,19-16-,28-25-,31-30-,34-33-,40-38-. The lowest BCUT2D eigenvalue weighted by atomic mass is 10.0. The molecule has 0 heterocycles. The maximum atomic E-state index is 12.9. The third kappa shape index (κ3) is 66.3. The van der Waals surface area contributed by atoms with Crippen molar-refractivity contribution in [3.8, 4) is 0 Å². The van der Waals surface area contributed by atoms with Crippen LogP contribution in [0.5, 0.6) is 0 Å². The molecule has 0 fully saturated rings. The normalized spacial score (nSPS) is 14.6. The largest absolute Gasteiger partial charge is 0.472 e. The number of phosphoric acid groups is 2. The van der Waals surface area contributed by atoms with Crippen molar-refractivity contribution < 1.29 is 75.8 Å². The smallest absolute Gasteiger partial charge is 0.463 e. The van der Waals surface area contributed by atoms with Gasteiger partial charge in [-0.25, -0.2) is 9.13 Å². The van der Waals surface area contributed by atoms with Crippen LogP contribution in [0, 0.1) is 0 Å². The zero-order valence-electron chi connectivity index (χ0n) is 56.1. The molecule has 89 heavy (non-hydrogen) atoms. The molecule has 0 saturated carbocycles.